The van der Waals surface area contributed by atoms with Crippen LogP contribution in [0.15, 0.2) is 65.7 Å². The molecule has 2 aromatic carbocycles. The third kappa shape index (κ3) is 4.25. The molecular weight excluding hydrogens is 380 g/mol. The van der Waals surface area contributed by atoms with Gasteiger partial charge < -0.3 is 4.90 Å². The Labute approximate surface area is 174 Å². The number of aromatic nitrogens is 1. The monoisotopic (exact) mass is 406 g/mol. The minimum Gasteiger partial charge on any atom is -0.342 e. The van der Waals surface area contributed by atoms with Gasteiger partial charge in [-0.25, -0.2) is 0 Å². The van der Waals surface area contributed by atoms with Gasteiger partial charge in [-0.2, -0.15) is 0 Å². The SMILES string of the molecule is CC(C)C(=O)N1CCC(S(=O)c2ccc(-c3ccc4cccnc4c3)cc2)CC1. The van der Waals surface area contributed by atoms with Crippen molar-refractivity contribution in [3.05, 3.63) is 60.8 Å². The van der Waals surface area contributed by atoms with E-state index in [9.17, 15) is 9.00 Å². The van der Waals surface area contributed by atoms with E-state index in [0.717, 1.165) is 39.8 Å². The number of pyridine rings is 1. The van der Waals surface area contributed by atoms with Crippen molar-refractivity contribution in [2.24, 2.45) is 5.92 Å². The summed E-state index contributed by atoms with van der Waals surface area (Å²) < 4.78 is 13.0. The highest BCUT2D eigenvalue weighted by molar-refractivity contribution is 7.85. The smallest absolute Gasteiger partial charge is 0.225 e. The molecule has 29 heavy (non-hydrogen) atoms. The van der Waals surface area contributed by atoms with E-state index in [-0.39, 0.29) is 17.1 Å². The van der Waals surface area contributed by atoms with Crippen LogP contribution in [0.2, 0.25) is 0 Å². The third-order valence-electron chi connectivity index (χ3n) is 5.58. The summed E-state index contributed by atoms with van der Waals surface area (Å²) in [6.45, 7) is 5.27. The predicted molar refractivity (Wildman–Crippen MR) is 118 cm³/mol. The van der Waals surface area contributed by atoms with Gasteiger partial charge in [0.05, 0.1) is 16.3 Å². The Morgan fingerprint density at radius 2 is 1.72 bits per heavy atom. The Morgan fingerprint density at radius 1 is 1.03 bits per heavy atom. The quantitative estimate of drug-likeness (QED) is 0.633. The number of carbonyl (C=O) groups is 1. The Bertz CT molecular complexity index is 1040. The maximum atomic E-state index is 13.0. The fraction of sp³-hybridized carbons (Fsp3) is 0.333. The topological polar surface area (TPSA) is 50.3 Å². The first-order valence-electron chi connectivity index (χ1n) is 10.2. The van der Waals surface area contributed by atoms with E-state index in [1.807, 2.05) is 49.1 Å². The van der Waals surface area contributed by atoms with Crippen LogP contribution in [0, 0.1) is 5.92 Å². The molecule has 0 N–H and O–H groups in total. The van der Waals surface area contributed by atoms with Gasteiger partial charge in [-0.05, 0) is 48.2 Å². The van der Waals surface area contributed by atoms with Gasteiger partial charge in [0, 0.05) is 40.7 Å². The minimum absolute atomic E-state index is 0.0231. The van der Waals surface area contributed by atoms with E-state index in [1.54, 1.807) is 6.20 Å². The Kier molecular flexibility index (Phi) is 5.76. The average Bonchev–Trinajstić information content (AvgIpc) is 2.78. The van der Waals surface area contributed by atoms with E-state index in [1.165, 1.54) is 0 Å². The van der Waals surface area contributed by atoms with Gasteiger partial charge in [0.25, 0.3) is 0 Å². The van der Waals surface area contributed by atoms with Crippen molar-refractivity contribution in [1.82, 2.24) is 9.88 Å². The summed E-state index contributed by atoms with van der Waals surface area (Å²) >= 11 is 0. The number of hydrogen-bond acceptors (Lipinski definition) is 3. The molecule has 4 nitrogen and oxygen atoms in total. The molecule has 150 valence electrons. The Balaban J connectivity index is 1.45. The summed E-state index contributed by atoms with van der Waals surface area (Å²) in [5, 5.41) is 1.23. The molecule has 0 spiro atoms. The van der Waals surface area contributed by atoms with Crippen LogP contribution in [0.4, 0.5) is 0 Å². The molecule has 2 heterocycles. The number of likely N-dealkylation sites (tertiary alicyclic amines) is 1. The predicted octanol–water partition coefficient (Wildman–Crippen LogP) is 4.66. The fourth-order valence-electron chi connectivity index (χ4n) is 3.88. The number of amides is 1. The second-order valence-electron chi connectivity index (χ2n) is 7.91. The number of piperidine rings is 1. The molecule has 1 aromatic heterocycles. The molecule has 1 aliphatic rings. The summed E-state index contributed by atoms with van der Waals surface area (Å²) in [6, 6.07) is 18.3. The first-order chi connectivity index (χ1) is 14.0. The van der Waals surface area contributed by atoms with Crippen LogP contribution < -0.4 is 0 Å². The zero-order chi connectivity index (χ0) is 20.4. The van der Waals surface area contributed by atoms with E-state index >= 15 is 0 Å². The second kappa shape index (κ2) is 8.46. The van der Waals surface area contributed by atoms with Crippen LogP contribution in [0.3, 0.4) is 0 Å². The molecule has 0 bridgehead atoms. The maximum absolute atomic E-state index is 13.0. The van der Waals surface area contributed by atoms with Gasteiger partial charge in [-0.1, -0.05) is 44.2 Å². The molecule has 3 aromatic rings. The van der Waals surface area contributed by atoms with Crippen molar-refractivity contribution in [3.8, 4) is 11.1 Å². The van der Waals surface area contributed by atoms with E-state index in [0.29, 0.717) is 13.1 Å². The summed E-state index contributed by atoms with van der Waals surface area (Å²) in [4.78, 5) is 19.3. The van der Waals surface area contributed by atoms with Crippen LogP contribution in [-0.2, 0) is 15.6 Å². The van der Waals surface area contributed by atoms with Crippen molar-refractivity contribution >= 4 is 27.6 Å². The van der Waals surface area contributed by atoms with Crippen LogP contribution in [0.1, 0.15) is 26.7 Å². The first-order valence-corrected chi connectivity index (χ1v) is 11.4. The van der Waals surface area contributed by atoms with E-state index in [4.69, 9.17) is 0 Å². The molecule has 1 fully saturated rings. The van der Waals surface area contributed by atoms with Gasteiger partial charge in [0.2, 0.25) is 5.91 Å². The van der Waals surface area contributed by atoms with Gasteiger partial charge in [0.15, 0.2) is 0 Å². The van der Waals surface area contributed by atoms with Crippen LogP contribution in [-0.4, -0.2) is 38.3 Å². The molecule has 0 saturated carbocycles. The average molecular weight is 407 g/mol. The lowest BCUT2D eigenvalue weighted by molar-refractivity contribution is -0.135. The van der Waals surface area contributed by atoms with Gasteiger partial charge in [-0.3, -0.25) is 14.0 Å². The first kappa shape index (κ1) is 19.8. The standard InChI is InChI=1S/C24H26N2O2S/c1-17(2)24(27)26-14-11-22(12-15-26)29(28)21-9-7-18(8-10-21)20-6-5-19-4-3-13-25-23(19)16-20/h3-10,13,16-17,22H,11-12,14-15H2,1-2H3. The summed E-state index contributed by atoms with van der Waals surface area (Å²) in [5.74, 6) is 0.221. The highest BCUT2D eigenvalue weighted by Gasteiger charge is 2.28. The molecule has 1 atom stereocenters. The summed E-state index contributed by atoms with van der Waals surface area (Å²) in [5.41, 5.74) is 3.17. The lowest BCUT2D eigenvalue weighted by atomic mass is 10.0. The van der Waals surface area contributed by atoms with Gasteiger partial charge in [0.1, 0.15) is 0 Å². The van der Waals surface area contributed by atoms with Crippen LogP contribution in [0.25, 0.3) is 22.0 Å². The molecule has 4 rings (SSSR count). The van der Waals surface area contributed by atoms with Gasteiger partial charge in [-0.15, -0.1) is 0 Å². The number of rotatable bonds is 4. The lowest BCUT2D eigenvalue weighted by Crippen LogP contribution is -2.43. The van der Waals surface area contributed by atoms with Crippen molar-refractivity contribution < 1.29 is 9.00 Å². The van der Waals surface area contributed by atoms with Crippen molar-refractivity contribution in [2.75, 3.05) is 13.1 Å². The molecule has 1 aliphatic heterocycles. The Hall–Kier alpha value is -2.53. The molecule has 5 heteroatoms. The van der Waals surface area contributed by atoms with E-state index < -0.39 is 10.8 Å². The number of carbonyl (C=O) groups excluding carboxylic acids is 1. The maximum Gasteiger partial charge on any atom is 0.225 e. The van der Waals surface area contributed by atoms with Crippen molar-refractivity contribution in [1.29, 1.82) is 0 Å². The van der Waals surface area contributed by atoms with Crippen LogP contribution >= 0.6 is 0 Å². The Morgan fingerprint density at radius 3 is 2.41 bits per heavy atom. The minimum atomic E-state index is -1.05. The van der Waals surface area contributed by atoms with Crippen molar-refractivity contribution in [2.45, 2.75) is 36.8 Å². The molecule has 0 aliphatic carbocycles. The number of hydrogen-bond donors (Lipinski definition) is 0. The summed E-state index contributed by atoms with van der Waals surface area (Å²) in [7, 11) is -1.05. The molecule has 1 saturated heterocycles. The fourth-order valence-corrected chi connectivity index (χ4v) is 5.30. The summed E-state index contributed by atoms with van der Waals surface area (Å²) in [6.07, 6.45) is 3.39. The van der Waals surface area contributed by atoms with Crippen LogP contribution in [0.5, 0.6) is 0 Å². The normalized spacial score (nSPS) is 16.3. The number of nitrogens with zero attached hydrogens (tertiary/aromatic N) is 2. The molecular formula is C24H26N2O2S. The van der Waals surface area contributed by atoms with Crippen molar-refractivity contribution in [3.63, 3.8) is 0 Å². The second-order valence-corrected chi connectivity index (χ2v) is 9.64. The molecule has 1 amide bonds. The zero-order valence-electron chi connectivity index (χ0n) is 16.9. The number of fused-ring (bicyclic) bond motifs is 1. The third-order valence-corrected chi connectivity index (χ3v) is 7.39. The highest BCUT2D eigenvalue weighted by atomic mass is 32.2. The highest BCUT2D eigenvalue weighted by Crippen LogP contribution is 2.27. The zero-order valence-corrected chi connectivity index (χ0v) is 17.7. The van der Waals surface area contributed by atoms with Gasteiger partial charge >= 0.3 is 0 Å². The molecule has 0 radical (unpaired) electrons. The lowest BCUT2D eigenvalue weighted by Gasteiger charge is -2.32. The number of benzene rings is 2. The molecule has 1 unspecified atom stereocenters. The van der Waals surface area contributed by atoms with E-state index in [2.05, 4.69) is 29.2 Å². The largest absolute Gasteiger partial charge is 0.342 e.